The van der Waals surface area contributed by atoms with Crippen LogP contribution in [0.25, 0.3) is 10.9 Å². The maximum atomic E-state index is 13.8. The number of fused-ring (bicyclic) bond motifs is 1. The van der Waals surface area contributed by atoms with Crippen LogP contribution in [0, 0.1) is 12.7 Å². The van der Waals surface area contributed by atoms with Crippen LogP contribution in [0.15, 0.2) is 47.1 Å². The second kappa shape index (κ2) is 5.93. The van der Waals surface area contributed by atoms with Gasteiger partial charge in [0.15, 0.2) is 0 Å². The van der Waals surface area contributed by atoms with Gasteiger partial charge in [0, 0.05) is 28.2 Å². The molecule has 3 aromatic rings. The van der Waals surface area contributed by atoms with E-state index in [0.717, 1.165) is 32.4 Å². The highest BCUT2D eigenvalue weighted by Crippen LogP contribution is 2.35. The van der Waals surface area contributed by atoms with E-state index in [1.165, 1.54) is 6.07 Å². The molecule has 0 aliphatic carbocycles. The van der Waals surface area contributed by atoms with Gasteiger partial charge in [0.05, 0.1) is 23.1 Å². The number of rotatable bonds is 3. The number of nitrogens with one attached hydrogen (secondary N) is 2. The lowest BCUT2D eigenvalue weighted by Crippen LogP contribution is -2.01. The first-order valence-corrected chi connectivity index (χ1v) is 7.67. The van der Waals surface area contributed by atoms with Crippen molar-refractivity contribution in [2.24, 2.45) is 0 Å². The molecular weight excluding hydrogens is 345 g/mol. The average Bonchev–Trinajstić information content (AvgIpc) is 2.52. The third kappa shape index (κ3) is 2.64. The summed E-state index contributed by atoms with van der Waals surface area (Å²) in [5.41, 5.74) is 3.93. The van der Waals surface area contributed by atoms with Crippen LogP contribution in [0.4, 0.5) is 21.5 Å². The molecule has 2 N–H and O–H groups in total. The number of halogens is 2. The second-order valence-corrected chi connectivity index (χ2v) is 5.91. The Labute approximate surface area is 136 Å². The second-order valence-electron chi connectivity index (χ2n) is 5.00. The summed E-state index contributed by atoms with van der Waals surface area (Å²) in [4.78, 5) is 4.44. The SMILES string of the molecule is CNc1cnc2ccc(Br)cc2c1Nc1cccc(F)c1C. The minimum atomic E-state index is -0.226. The summed E-state index contributed by atoms with van der Waals surface area (Å²) in [5.74, 6) is -0.226. The Kier molecular flexibility index (Phi) is 3.98. The van der Waals surface area contributed by atoms with Gasteiger partial charge in [0.1, 0.15) is 5.82 Å². The molecule has 2 aromatic carbocycles. The molecule has 3 nitrogen and oxygen atoms in total. The minimum Gasteiger partial charge on any atom is -0.385 e. The van der Waals surface area contributed by atoms with Gasteiger partial charge in [-0.25, -0.2) is 4.39 Å². The fourth-order valence-corrected chi connectivity index (χ4v) is 2.73. The van der Waals surface area contributed by atoms with Gasteiger partial charge in [-0.3, -0.25) is 4.98 Å². The van der Waals surface area contributed by atoms with Crippen molar-refractivity contribution in [1.82, 2.24) is 4.98 Å². The third-order valence-corrected chi connectivity index (χ3v) is 4.12. The van der Waals surface area contributed by atoms with Crippen LogP contribution < -0.4 is 10.6 Å². The van der Waals surface area contributed by atoms with Gasteiger partial charge in [-0.2, -0.15) is 0 Å². The molecule has 0 spiro atoms. The van der Waals surface area contributed by atoms with Crippen LogP contribution >= 0.6 is 15.9 Å². The number of hydrogen-bond acceptors (Lipinski definition) is 3. The first-order chi connectivity index (χ1) is 10.6. The topological polar surface area (TPSA) is 37.0 Å². The van der Waals surface area contributed by atoms with E-state index in [4.69, 9.17) is 0 Å². The van der Waals surface area contributed by atoms with Gasteiger partial charge >= 0.3 is 0 Å². The minimum absolute atomic E-state index is 0.226. The van der Waals surface area contributed by atoms with Gasteiger partial charge in [-0.15, -0.1) is 0 Å². The smallest absolute Gasteiger partial charge is 0.128 e. The number of benzene rings is 2. The monoisotopic (exact) mass is 359 g/mol. The quantitative estimate of drug-likeness (QED) is 0.672. The van der Waals surface area contributed by atoms with Crippen molar-refractivity contribution < 1.29 is 4.39 Å². The Balaban J connectivity index is 2.20. The van der Waals surface area contributed by atoms with E-state index in [2.05, 4.69) is 31.5 Å². The summed E-state index contributed by atoms with van der Waals surface area (Å²) in [6.07, 6.45) is 1.77. The lowest BCUT2D eigenvalue weighted by atomic mass is 10.1. The van der Waals surface area contributed by atoms with Crippen molar-refractivity contribution in [3.63, 3.8) is 0 Å². The first-order valence-electron chi connectivity index (χ1n) is 6.88. The van der Waals surface area contributed by atoms with E-state index in [9.17, 15) is 4.39 Å². The van der Waals surface area contributed by atoms with E-state index < -0.39 is 0 Å². The summed E-state index contributed by atoms with van der Waals surface area (Å²) in [6, 6.07) is 10.9. The summed E-state index contributed by atoms with van der Waals surface area (Å²) in [5, 5.41) is 7.43. The summed E-state index contributed by atoms with van der Waals surface area (Å²) in [6.45, 7) is 1.76. The predicted molar refractivity (Wildman–Crippen MR) is 93.4 cm³/mol. The molecule has 1 heterocycles. The molecule has 0 saturated heterocycles. The molecule has 112 valence electrons. The molecule has 22 heavy (non-hydrogen) atoms. The highest BCUT2D eigenvalue weighted by molar-refractivity contribution is 9.10. The van der Waals surface area contributed by atoms with Crippen molar-refractivity contribution in [2.75, 3.05) is 17.7 Å². The van der Waals surface area contributed by atoms with Crippen LogP contribution in [0.2, 0.25) is 0 Å². The molecule has 0 aliphatic rings. The normalized spacial score (nSPS) is 10.7. The van der Waals surface area contributed by atoms with Crippen LogP contribution in [0.1, 0.15) is 5.56 Å². The molecule has 1 aromatic heterocycles. The van der Waals surface area contributed by atoms with Crippen molar-refractivity contribution >= 4 is 43.9 Å². The number of aromatic nitrogens is 1. The largest absolute Gasteiger partial charge is 0.385 e. The van der Waals surface area contributed by atoms with E-state index in [1.54, 1.807) is 19.2 Å². The molecular formula is C17H15BrFN3. The van der Waals surface area contributed by atoms with Crippen LogP contribution in [0.3, 0.4) is 0 Å². The lowest BCUT2D eigenvalue weighted by Gasteiger charge is -2.16. The van der Waals surface area contributed by atoms with Crippen LogP contribution in [-0.4, -0.2) is 12.0 Å². The van der Waals surface area contributed by atoms with Crippen LogP contribution in [-0.2, 0) is 0 Å². The predicted octanol–water partition coefficient (Wildman–Crippen LogP) is 5.23. The molecule has 0 atom stereocenters. The standard InChI is InChI=1S/C17H15BrFN3/c1-10-13(19)4-3-5-14(10)22-17-12-8-11(18)6-7-15(12)21-9-16(17)20-2/h3-9,20H,1-2H3,(H,21,22). The summed E-state index contributed by atoms with van der Waals surface area (Å²) < 4.78 is 14.7. The van der Waals surface area contributed by atoms with Crippen molar-refractivity contribution in [2.45, 2.75) is 6.92 Å². The molecule has 5 heteroatoms. The number of hydrogen-bond donors (Lipinski definition) is 2. The van der Waals surface area contributed by atoms with Gasteiger partial charge in [0.25, 0.3) is 0 Å². The Morgan fingerprint density at radius 2 is 1.95 bits per heavy atom. The average molecular weight is 360 g/mol. The van der Waals surface area contributed by atoms with Gasteiger partial charge in [-0.05, 0) is 37.3 Å². The van der Waals surface area contributed by atoms with Gasteiger partial charge < -0.3 is 10.6 Å². The number of pyridine rings is 1. The Hall–Kier alpha value is -2.14. The van der Waals surface area contributed by atoms with Crippen molar-refractivity contribution in [3.05, 3.63) is 58.4 Å². The lowest BCUT2D eigenvalue weighted by molar-refractivity contribution is 0.619. The van der Waals surface area contributed by atoms with Gasteiger partial charge in [0.2, 0.25) is 0 Å². The highest BCUT2D eigenvalue weighted by atomic mass is 79.9. The maximum absolute atomic E-state index is 13.8. The summed E-state index contributed by atoms with van der Waals surface area (Å²) >= 11 is 3.49. The Morgan fingerprint density at radius 3 is 2.73 bits per heavy atom. The molecule has 0 fully saturated rings. The van der Waals surface area contributed by atoms with E-state index in [1.807, 2.05) is 31.3 Å². The maximum Gasteiger partial charge on any atom is 0.128 e. The zero-order valence-corrected chi connectivity index (χ0v) is 13.8. The van der Waals surface area contributed by atoms with E-state index in [0.29, 0.717) is 5.56 Å². The fraction of sp³-hybridized carbons (Fsp3) is 0.118. The highest BCUT2D eigenvalue weighted by Gasteiger charge is 2.11. The molecule has 0 amide bonds. The van der Waals surface area contributed by atoms with Crippen molar-refractivity contribution in [3.8, 4) is 0 Å². The van der Waals surface area contributed by atoms with E-state index in [-0.39, 0.29) is 5.82 Å². The zero-order chi connectivity index (χ0) is 15.7. The molecule has 0 saturated carbocycles. The van der Waals surface area contributed by atoms with Gasteiger partial charge in [-0.1, -0.05) is 22.0 Å². The first kappa shape index (κ1) is 14.8. The molecule has 0 bridgehead atoms. The molecule has 0 radical (unpaired) electrons. The number of nitrogens with zero attached hydrogens (tertiary/aromatic N) is 1. The molecule has 0 unspecified atom stereocenters. The number of anilines is 3. The molecule has 3 rings (SSSR count). The van der Waals surface area contributed by atoms with Crippen LogP contribution in [0.5, 0.6) is 0 Å². The Morgan fingerprint density at radius 1 is 1.14 bits per heavy atom. The third-order valence-electron chi connectivity index (χ3n) is 3.63. The van der Waals surface area contributed by atoms with E-state index >= 15 is 0 Å². The Bertz CT molecular complexity index is 849. The molecule has 0 aliphatic heterocycles. The zero-order valence-electron chi connectivity index (χ0n) is 12.2. The van der Waals surface area contributed by atoms with Crippen molar-refractivity contribution in [1.29, 1.82) is 0 Å². The fourth-order valence-electron chi connectivity index (χ4n) is 2.37. The summed E-state index contributed by atoms with van der Waals surface area (Å²) in [7, 11) is 1.84.